The Labute approximate surface area is 105 Å². The number of hydrogen-bond donors (Lipinski definition) is 1. The Hall–Kier alpha value is -1.17. The smallest absolute Gasteiger partial charge is 0.323 e. The van der Waals surface area contributed by atoms with Crippen LogP contribution in [0.1, 0.15) is 32.6 Å². The molecule has 1 heterocycles. The molecule has 6 heteroatoms. The second-order valence-corrected chi connectivity index (χ2v) is 5.53. The molecule has 1 saturated carbocycles. The Kier molecular flexibility index (Phi) is 3.93. The molecule has 0 aliphatic heterocycles. The van der Waals surface area contributed by atoms with Crippen molar-refractivity contribution < 1.29 is 4.79 Å². The first kappa shape index (κ1) is 12.3. The number of carbonyl (C=O) groups is 1. The summed E-state index contributed by atoms with van der Waals surface area (Å²) in [5.74, 6) is 0.797. The molecule has 1 N–H and O–H groups in total. The average Bonchev–Trinajstić information content (AvgIpc) is 2.82. The van der Waals surface area contributed by atoms with Gasteiger partial charge in [-0.25, -0.2) is 4.79 Å². The minimum absolute atomic E-state index is 0.0821. The summed E-state index contributed by atoms with van der Waals surface area (Å²) >= 11 is 1.33. The van der Waals surface area contributed by atoms with Crippen molar-refractivity contribution in [2.75, 3.05) is 12.4 Å². The zero-order chi connectivity index (χ0) is 12.3. The van der Waals surface area contributed by atoms with E-state index in [-0.39, 0.29) is 6.03 Å². The van der Waals surface area contributed by atoms with E-state index in [1.54, 1.807) is 10.4 Å². The Balaban J connectivity index is 1.86. The van der Waals surface area contributed by atoms with Gasteiger partial charge in [-0.2, -0.15) is 0 Å². The fourth-order valence-electron chi connectivity index (χ4n) is 2.20. The molecule has 0 atom stereocenters. The molecule has 5 nitrogen and oxygen atoms in total. The fraction of sp³-hybridized carbons (Fsp3) is 0.727. The first-order valence-electron chi connectivity index (χ1n) is 5.97. The van der Waals surface area contributed by atoms with Gasteiger partial charge in [0.25, 0.3) is 0 Å². The minimum Gasteiger partial charge on any atom is -0.325 e. The van der Waals surface area contributed by atoms with Gasteiger partial charge in [0.2, 0.25) is 5.13 Å². The number of nitrogens with one attached hydrogen (secondary N) is 1. The van der Waals surface area contributed by atoms with Crippen molar-refractivity contribution in [3.05, 3.63) is 5.51 Å². The van der Waals surface area contributed by atoms with Crippen molar-refractivity contribution in [2.24, 2.45) is 5.92 Å². The van der Waals surface area contributed by atoms with Crippen LogP contribution in [0.15, 0.2) is 5.51 Å². The van der Waals surface area contributed by atoms with Crippen LogP contribution in [0.25, 0.3) is 0 Å². The number of amides is 2. The van der Waals surface area contributed by atoms with Crippen molar-refractivity contribution >= 4 is 22.5 Å². The van der Waals surface area contributed by atoms with Gasteiger partial charge in [-0.15, -0.1) is 10.2 Å². The number of hydrogen-bond acceptors (Lipinski definition) is 4. The van der Waals surface area contributed by atoms with Crippen molar-refractivity contribution in [1.82, 2.24) is 15.1 Å². The van der Waals surface area contributed by atoms with Crippen LogP contribution in [0, 0.1) is 5.92 Å². The number of aromatic nitrogens is 2. The zero-order valence-corrected chi connectivity index (χ0v) is 11.0. The van der Waals surface area contributed by atoms with Crippen molar-refractivity contribution in [3.63, 3.8) is 0 Å². The highest BCUT2D eigenvalue weighted by molar-refractivity contribution is 7.13. The van der Waals surface area contributed by atoms with Crippen LogP contribution in [0.2, 0.25) is 0 Å². The Morgan fingerprint density at radius 1 is 1.47 bits per heavy atom. The fourth-order valence-corrected chi connectivity index (χ4v) is 2.64. The molecule has 0 unspecified atom stereocenters. The van der Waals surface area contributed by atoms with E-state index in [9.17, 15) is 4.79 Å². The van der Waals surface area contributed by atoms with Gasteiger partial charge in [0, 0.05) is 13.1 Å². The molecule has 94 valence electrons. The minimum atomic E-state index is -0.0821. The standard InChI is InChI=1S/C11H18N4OS/c1-8-3-5-9(6-4-8)15(2)11(16)13-10-14-12-7-17-10/h7-9H,3-6H2,1-2H3,(H,13,14,16). The molecule has 1 aliphatic carbocycles. The van der Waals surface area contributed by atoms with E-state index in [0.717, 1.165) is 18.8 Å². The molecular formula is C11H18N4OS. The lowest BCUT2D eigenvalue weighted by molar-refractivity contribution is 0.175. The van der Waals surface area contributed by atoms with E-state index >= 15 is 0 Å². The molecule has 0 radical (unpaired) electrons. The molecule has 1 aliphatic rings. The van der Waals surface area contributed by atoms with E-state index in [4.69, 9.17) is 0 Å². The maximum absolute atomic E-state index is 11.9. The number of urea groups is 1. The molecule has 2 rings (SSSR count). The second kappa shape index (κ2) is 5.44. The van der Waals surface area contributed by atoms with Crippen molar-refractivity contribution in [1.29, 1.82) is 0 Å². The quantitative estimate of drug-likeness (QED) is 0.882. The predicted molar refractivity (Wildman–Crippen MR) is 68.1 cm³/mol. The predicted octanol–water partition coefficient (Wildman–Crippen LogP) is 2.58. The monoisotopic (exact) mass is 254 g/mol. The summed E-state index contributed by atoms with van der Waals surface area (Å²) in [6.45, 7) is 2.28. The zero-order valence-electron chi connectivity index (χ0n) is 10.2. The summed E-state index contributed by atoms with van der Waals surface area (Å²) < 4.78 is 0. The lowest BCUT2D eigenvalue weighted by Crippen LogP contribution is -2.41. The normalized spacial score (nSPS) is 24.4. The van der Waals surface area contributed by atoms with Crippen molar-refractivity contribution in [2.45, 2.75) is 38.6 Å². The van der Waals surface area contributed by atoms with Crippen LogP contribution < -0.4 is 5.32 Å². The second-order valence-electron chi connectivity index (χ2n) is 4.70. The maximum Gasteiger partial charge on any atom is 0.323 e. The van der Waals surface area contributed by atoms with Gasteiger partial charge in [-0.1, -0.05) is 18.3 Å². The summed E-state index contributed by atoms with van der Waals surface area (Å²) in [7, 11) is 1.86. The molecule has 1 aromatic heterocycles. The molecule has 1 aromatic rings. The molecule has 17 heavy (non-hydrogen) atoms. The van der Waals surface area contributed by atoms with Gasteiger partial charge in [0.05, 0.1) is 0 Å². The van der Waals surface area contributed by atoms with Crippen LogP contribution in [-0.4, -0.2) is 34.2 Å². The van der Waals surface area contributed by atoms with E-state index in [0.29, 0.717) is 11.2 Å². The molecule has 1 fully saturated rings. The highest BCUT2D eigenvalue weighted by Gasteiger charge is 2.25. The highest BCUT2D eigenvalue weighted by Crippen LogP contribution is 2.26. The van der Waals surface area contributed by atoms with Gasteiger partial charge >= 0.3 is 6.03 Å². The van der Waals surface area contributed by atoms with Gasteiger partial charge in [-0.05, 0) is 31.6 Å². The Morgan fingerprint density at radius 2 is 2.18 bits per heavy atom. The van der Waals surface area contributed by atoms with Crippen LogP contribution in [0.5, 0.6) is 0 Å². The third-order valence-electron chi connectivity index (χ3n) is 3.43. The van der Waals surface area contributed by atoms with Crippen LogP contribution in [0.3, 0.4) is 0 Å². The topological polar surface area (TPSA) is 58.1 Å². The Morgan fingerprint density at radius 3 is 2.76 bits per heavy atom. The van der Waals surface area contributed by atoms with E-state index in [1.807, 2.05) is 7.05 Å². The molecule has 0 bridgehead atoms. The lowest BCUT2D eigenvalue weighted by Gasteiger charge is -2.33. The van der Waals surface area contributed by atoms with Gasteiger partial charge in [-0.3, -0.25) is 5.32 Å². The summed E-state index contributed by atoms with van der Waals surface area (Å²) in [6, 6.07) is 0.278. The van der Waals surface area contributed by atoms with Crippen LogP contribution in [0.4, 0.5) is 9.93 Å². The third kappa shape index (κ3) is 3.15. The molecule has 0 spiro atoms. The first-order valence-corrected chi connectivity index (χ1v) is 6.84. The summed E-state index contributed by atoms with van der Waals surface area (Å²) in [5.41, 5.74) is 1.61. The summed E-state index contributed by atoms with van der Waals surface area (Å²) in [6.07, 6.45) is 4.62. The SMILES string of the molecule is CC1CCC(N(C)C(=O)Nc2nncs2)CC1. The third-order valence-corrected chi connectivity index (χ3v) is 4.03. The lowest BCUT2D eigenvalue weighted by atomic mass is 9.87. The average molecular weight is 254 g/mol. The van der Waals surface area contributed by atoms with E-state index in [2.05, 4.69) is 22.4 Å². The largest absolute Gasteiger partial charge is 0.325 e. The van der Waals surface area contributed by atoms with Gasteiger partial charge in [0.1, 0.15) is 5.51 Å². The first-order chi connectivity index (χ1) is 8.16. The van der Waals surface area contributed by atoms with Crippen LogP contribution in [-0.2, 0) is 0 Å². The molecular weight excluding hydrogens is 236 g/mol. The number of rotatable bonds is 2. The van der Waals surface area contributed by atoms with Gasteiger partial charge in [0.15, 0.2) is 0 Å². The van der Waals surface area contributed by atoms with E-state index in [1.165, 1.54) is 24.2 Å². The number of nitrogens with zero attached hydrogens (tertiary/aromatic N) is 3. The molecule has 2 amide bonds. The summed E-state index contributed by atoms with van der Waals surface area (Å²) in [4.78, 5) is 13.7. The highest BCUT2D eigenvalue weighted by atomic mass is 32.1. The van der Waals surface area contributed by atoms with Gasteiger partial charge < -0.3 is 4.90 Å². The maximum atomic E-state index is 11.9. The van der Waals surface area contributed by atoms with Crippen molar-refractivity contribution in [3.8, 4) is 0 Å². The van der Waals surface area contributed by atoms with E-state index < -0.39 is 0 Å². The summed E-state index contributed by atoms with van der Waals surface area (Å²) in [5, 5.41) is 10.8. The number of carbonyl (C=O) groups excluding carboxylic acids is 1. The molecule has 0 aromatic carbocycles. The Bertz CT molecular complexity index is 360. The van der Waals surface area contributed by atoms with Crippen LogP contribution >= 0.6 is 11.3 Å². The number of anilines is 1. The molecule has 0 saturated heterocycles.